The molecule has 0 aliphatic rings. The minimum absolute atomic E-state index is 0.833. The van der Waals surface area contributed by atoms with Crippen LogP contribution >= 0.6 is 11.3 Å². The Labute approximate surface area is 316 Å². The molecule has 0 spiro atoms. The number of nitrogens with zero attached hydrogens (tertiary/aromatic N) is 3. The SMILES string of the molecule is c1ccc(-c2sc(-c3ccccc3)c3c2c2ccccc2c2cnc4c(nc(-c5ccccc5)n4-c4cccc(-c5cccc6ccccc56)c4)c23)cc1. The van der Waals surface area contributed by atoms with E-state index >= 15 is 0 Å². The number of thiophene rings is 1. The molecule has 4 heteroatoms. The van der Waals surface area contributed by atoms with Gasteiger partial charge in [-0.15, -0.1) is 11.3 Å². The van der Waals surface area contributed by atoms with Crippen molar-refractivity contribution in [1.82, 2.24) is 14.5 Å². The van der Waals surface area contributed by atoms with Crippen LogP contribution in [-0.2, 0) is 0 Å². The number of rotatable bonds is 5. The summed E-state index contributed by atoms with van der Waals surface area (Å²) < 4.78 is 2.26. The maximum Gasteiger partial charge on any atom is 0.165 e. The molecule has 0 atom stereocenters. The van der Waals surface area contributed by atoms with Crippen molar-refractivity contribution in [2.75, 3.05) is 0 Å². The van der Waals surface area contributed by atoms with Crippen LogP contribution in [0.5, 0.6) is 0 Å². The van der Waals surface area contributed by atoms with Crippen molar-refractivity contribution < 1.29 is 0 Å². The highest BCUT2D eigenvalue weighted by atomic mass is 32.1. The van der Waals surface area contributed by atoms with Gasteiger partial charge in [0.05, 0.1) is 0 Å². The lowest BCUT2D eigenvalue weighted by atomic mass is 9.93. The number of aromatic nitrogens is 3. The van der Waals surface area contributed by atoms with Crippen LogP contribution in [0.15, 0.2) is 188 Å². The zero-order valence-electron chi connectivity index (χ0n) is 29.1. The highest BCUT2D eigenvalue weighted by molar-refractivity contribution is 7.21. The predicted molar refractivity (Wildman–Crippen MR) is 229 cm³/mol. The van der Waals surface area contributed by atoms with E-state index in [1.807, 2.05) is 11.3 Å². The summed E-state index contributed by atoms with van der Waals surface area (Å²) in [6, 6.07) is 64.9. The summed E-state index contributed by atoms with van der Waals surface area (Å²) in [6.45, 7) is 0. The Bertz CT molecular complexity index is 3190. The summed E-state index contributed by atoms with van der Waals surface area (Å²) in [4.78, 5) is 13.4. The van der Waals surface area contributed by atoms with Crippen molar-refractivity contribution in [3.8, 4) is 49.1 Å². The lowest BCUT2D eigenvalue weighted by Crippen LogP contribution is -1.99. The Morgan fingerprint density at radius 1 is 0.426 bits per heavy atom. The van der Waals surface area contributed by atoms with Gasteiger partial charge in [0.25, 0.3) is 0 Å². The smallest absolute Gasteiger partial charge is 0.165 e. The number of hydrogen-bond donors (Lipinski definition) is 0. The van der Waals surface area contributed by atoms with Gasteiger partial charge in [-0.3, -0.25) is 4.57 Å². The molecule has 0 radical (unpaired) electrons. The van der Waals surface area contributed by atoms with E-state index < -0.39 is 0 Å². The number of benzene rings is 8. The van der Waals surface area contributed by atoms with Crippen molar-refractivity contribution in [2.24, 2.45) is 0 Å². The maximum absolute atomic E-state index is 5.62. The molecule has 54 heavy (non-hydrogen) atoms. The normalized spacial score (nSPS) is 11.7. The quantitative estimate of drug-likeness (QED) is 0.167. The second-order valence-corrected chi connectivity index (χ2v) is 14.7. The second kappa shape index (κ2) is 12.4. The molecule has 252 valence electrons. The van der Waals surface area contributed by atoms with Crippen LogP contribution < -0.4 is 0 Å². The minimum Gasteiger partial charge on any atom is -0.277 e. The molecule has 0 fully saturated rings. The van der Waals surface area contributed by atoms with Gasteiger partial charge in [0.2, 0.25) is 0 Å². The Kier molecular flexibility index (Phi) is 7.04. The van der Waals surface area contributed by atoms with Gasteiger partial charge in [0.1, 0.15) is 11.3 Å². The van der Waals surface area contributed by atoms with Crippen LogP contribution in [0.2, 0.25) is 0 Å². The van der Waals surface area contributed by atoms with Crippen molar-refractivity contribution >= 4 is 65.6 Å². The third-order valence-corrected chi connectivity index (χ3v) is 11.9. The first kappa shape index (κ1) is 30.7. The molecule has 0 aliphatic carbocycles. The lowest BCUT2D eigenvalue weighted by Gasteiger charge is -2.13. The van der Waals surface area contributed by atoms with Crippen LogP contribution in [0.3, 0.4) is 0 Å². The van der Waals surface area contributed by atoms with Gasteiger partial charge in [-0.1, -0.05) is 170 Å². The van der Waals surface area contributed by atoms with E-state index in [1.165, 1.54) is 58.8 Å². The summed E-state index contributed by atoms with van der Waals surface area (Å²) in [6.07, 6.45) is 2.08. The maximum atomic E-state index is 5.62. The molecule has 0 unspecified atom stereocenters. The molecule has 8 aromatic carbocycles. The van der Waals surface area contributed by atoms with E-state index in [0.717, 1.165) is 44.6 Å². The van der Waals surface area contributed by atoms with Gasteiger partial charge in [-0.05, 0) is 55.9 Å². The Morgan fingerprint density at radius 3 is 1.74 bits per heavy atom. The number of imidazole rings is 1. The first-order chi connectivity index (χ1) is 26.8. The van der Waals surface area contributed by atoms with E-state index in [9.17, 15) is 0 Å². The number of pyridine rings is 1. The summed E-state index contributed by atoms with van der Waals surface area (Å²) in [5.74, 6) is 0.863. The van der Waals surface area contributed by atoms with Crippen molar-refractivity contribution in [1.29, 1.82) is 0 Å². The zero-order chi connectivity index (χ0) is 35.6. The van der Waals surface area contributed by atoms with Gasteiger partial charge in [0, 0.05) is 48.7 Å². The summed E-state index contributed by atoms with van der Waals surface area (Å²) in [7, 11) is 0. The first-order valence-electron chi connectivity index (χ1n) is 18.2. The molecule has 0 bridgehead atoms. The molecule has 0 saturated carbocycles. The molecule has 0 saturated heterocycles. The Balaban J connectivity index is 1.29. The second-order valence-electron chi connectivity index (χ2n) is 13.7. The standard InChI is InChI=1S/C50H31N3S/c1-4-17-33(18-5-1)47-44-41-28-13-12-27-40(41)42-31-51-50-46(43(42)45(44)48(54-47)34-19-6-2-7-20-34)52-49(35-21-8-3-9-22-35)53(50)37-25-14-24-36(30-37)39-29-15-23-32-16-10-11-26-38(32)39/h1-31H. The fraction of sp³-hybridized carbons (Fsp3) is 0. The van der Waals surface area contributed by atoms with Crippen LogP contribution in [0.1, 0.15) is 0 Å². The van der Waals surface area contributed by atoms with E-state index in [-0.39, 0.29) is 0 Å². The van der Waals surface area contributed by atoms with Gasteiger partial charge in [-0.25, -0.2) is 9.97 Å². The molecule has 3 heterocycles. The summed E-state index contributed by atoms with van der Waals surface area (Å²) in [5, 5.41) is 9.58. The lowest BCUT2D eigenvalue weighted by molar-refractivity contribution is 1.08. The third kappa shape index (κ3) is 4.74. The molecule has 0 aliphatic heterocycles. The fourth-order valence-corrected chi connectivity index (χ4v) is 9.57. The van der Waals surface area contributed by atoms with Crippen LogP contribution in [0.4, 0.5) is 0 Å². The summed E-state index contributed by atoms with van der Waals surface area (Å²) >= 11 is 1.87. The van der Waals surface area contributed by atoms with Gasteiger partial charge >= 0.3 is 0 Å². The monoisotopic (exact) mass is 705 g/mol. The van der Waals surface area contributed by atoms with Crippen LogP contribution in [-0.4, -0.2) is 14.5 Å². The topological polar surface area (TPSA) is 30.7 Å². The van der Waals surface area contributed by atoms with Crippen molar-refractivity contribution in [2.45, 2.75) is 0 Å². The zero-order valence-corrected chi connectivity index (χ0v) is 30.0. The number of fused-ring (bicyclic) bond motifs is 9. The molecule has 11 rings (SSSR count). The van der Waals surface area contributed by atoms with Crippen LogP contribution in [0.25, 0.3) is 103 Å². The van der Waals surface area contributed by atoms with E-state index in [4.69, 9.17) is 9.97 Å². The molecule has 0 amide bonds. The largest absolute Gasteiger partial charge is 0.277 e. The van der Waals surface area contributed by atoms with E-state index in [1.54, 1.807) is 0 Å². The molecule has 3 aromatic heterocycles. The first-order valence-corrected chi connectivity index (χ1v) is 19.1. The van der Waals surface area contributed by atoms with Gasteiger partial charge in [-0.2, -0.15) is 0 Å². The summed E-state index contributed by atoms with van der Waals surface area (Å²) in [5.41, 5.74) is 8.54. The average molecular weight is 706 g/mol. The van der Waals surface area contributed by atoms with Gasteiger partial charge in [0.15, 0.2) is 5.65 Å². The molecule has 0 N–H and O–H groups in total. The molecular weight excluding hydrogens is 675 g/mol. The Hall–Kier alpha value is -6.88. The fourth-order valence-electron chi connectivity index (χ4n) is 8.24. The van der Waals surface area contributed by atoms with Crippen molar-refractivity contribution in [3.63, 3.8) is 0 Å². The average Bonchev–Trinajstić information content (AvgIpc) is 3.85. The molecule has 3 nitrogen and oxygen atoms in total. The highest BCUT2D eigenvalue weighted by Gasteiger charge is 2.25. The number of hydrogen-bond acceptors (Lipinski definition) is 3. The predicted octanol–water partition coefficient (Wildman–Crippen LogP) is 13.8. The van der Waals surface area contributed by atoms with E-state index in [2.05, 4.69) is 193 Å². The van der Waals surface area contributed by atoms with Crippen LogP contribution in [0, 0.1) is 0 Å². The van der Waals surface area contributed by atoms with E-state index in [0.29, 0.717) is 0 Å². The third-order valence-electron chi connectivity index (χ3n) is 10.6. The van der Waals surface area contributed by atoms with Crippen molar-refractivity contribution in [3.05, 3.63) is 188 Å². The molecular formula is C50H31N3S. The Morgan fingerprint density at radius 2 is 1.00 bits per heavy atom. The van der Waals surface area contributed by atoms with Gasteiger partial charge < -0.3 is 0 Å². The highest BCUT2D eigenvalue weighted by Crippen LogP contribution is 2.51. The molecule has 11 aromatic rings. The minimum atomic E-state index is 0.833.